The van der Waals surface area contributed by atoms with Crippen molar-refractivity contribution < 1.29 is 4.52 Å². The third-order valence-corrected chi connectivity index (χ3v) is 6.43. The molecule has 0 aliphatic rings. The van der Waals surface area contributed by atoms with Crippen LogP contribution in [0.4, 0.5) is 0 Å². The fraction of sp³-hybridized carbons (Fsp3) is 0.294. The minimum absolute atomic E-state index is 0.269. The van der Waals surface area contributed by atoms with Gasteiger partial charge in [0.25, 0.3) is 0 Å². The van der Waals surface area contributed by atoms with Gasteiger partial charge in [-0.3, -0.25) is 0 Å². The molecular weight excluding hydrogens is 282 g/mol. The third-order valence-electron chi connectivity index (χ3n) is 3.36. The number of rotatable bonds is 7. The van der Waals surface area contributed by atoms with E-state index in [4.69, 9.17) is 4.52 Å². The first-order valence-electron chi connectivity index (χ1n) is 7.00. The highest BCUT2D eigenvalue weighted by Gasteiger charge is 2.16. The van der Waals surface area contributed by atoms with Crippen molar-refractivity contribution in [2.24, 2.45) is 5.92 Å². The molecule has 0 saturated heterocycles. The molecule has 2 atom stereocenters. The summed E-state index contributed by atoms with van der Waals surface area (Å²) in [7, 11) is 2.07. The second-order valence-corrected chi connectivity index (χ2v) is 7.63. The van der Waals surface area contributed by atoms with Gasteiger partial charge in [-0.05, 0) is 37.0 Å². The van der Waals surface area contributed by atoms with Crippen molar-refractivity contribution in [3.8, 4) is 0 Å². The Labute approximate surface area is 125 Å². The summed E-state index contributed by atoms with van der Waals surface area (Å²) in [6.45, 7) is 3.14. The fourth-order valence-electron chi connectivity index (χ4n) is 2.25. The van der Waals surface area contributed by atoms with Crippen molar-refractivity contribution in [1.82, 2.24) is 0 Å². The summed E-state index contributed by atoms with van der Waals surface area (Å²) in [5.74, 6) is 0.669. The van der Waals surface area contributed by atoms with Crippen LogP contribution in [0.25, 0.3) is 0 Å². The number of hydrogen-bond donors (Lipinski definition) is 0. The van der Waals surface area contributed by atoms with Gasteiger partial charge in [-0.2, -0.15) is 0 Å². The number of hydrogen-bond acceptors (Lipinski definition) is 1. The maximum absolute atomic E-state index is 5.13. The van der Waals surface area contributed by atoms with Crippen molar-refractivity contribution in [2.45, 2.75) is 13.3 Å². The molecule has 0 heterocycles. The van der Waals surface area contributed by atoms with Crippen molar-refractivity contribution in [3.63, 3.8) is 0 Å². The van der Waals surface area contributed by atoms with E-state index in [1.54, 1.807) is 0 Å². The molecule has 0 amide bonds. The fourth-order valence-corrected chi connectivity index (χ4v) is 4.97. The van der Waals surface area contributed by atoms with Gasteiger partial charge in [0.2, 0.25) is 0 Å². The van der Waals surface area contributed by atoms with E-state index in [0.717, 1.165) is 13.0 Å². The standard InChI is InChI=1S/C17H22OP2/c1-15(12-13-18-19)14-20(16-8-4-2-5-9-16)17-10-6-3-7-11-17/h2-11,15H,12-14,19H2,1H3. The van der Waals surface area contributed by atoms with E-state index in [0.29, 0.717) is 5.92 Å². The zero-order chi connectivity index (χ0) is 14.2. The second-order valence-electron chi connectivity index (χ2n) is 5.05. The minimum Gasteiger partial charge on any atom is -0.366 e. The Bertz CT molecular complexity index is 447. The van der Waals surface area contributed by atoms with E-state index in [9.17, 15) is 0 Å². The quantitative estimate of drug-likeness (QED) is 0.704. The van der Waals surface area contributed by atoms with Crippen LogP contribution in [0.5, 0.6) is 0 Å². The topological polar surface area (TPSA) is 9.23 Å². The van der Waals surface area contributed by atoms with Crippen LogP contribution in [0, 0.1) is 5.92 Å². The average molecular weight is 304 g/mol. The molecule has 2 rings (SSSR count). The van der Waals surface area contributed by atoms with E-state index >= 15 is 0 Å². The average Bonchev–Trinajstić information content (AvgIpc) is 2.52. The maximum Gasteiger partial charge on any atom is 0.0504 e. The zero-order valence-electron chi connectivity index (χ0n) is 11.9. The van der Waals surface area contributed by atoms with Crippen LogP contribution in [0.2, 0.25) is 0 Å². The molecule has 0 aliphatic heterocycles. The molecule has 0 spiro atoms. The second kappa shape index (κ2) is 8.53. The largest absolute Gasteiger partial charge is 0.366 e. The van der Waals surface area contributed by atoms with Crippen molar-refractivity contribution in [2.75, 3.05) is 12.8 Å². The predicted molar refractivity (Wildman–Crippen MR) is 93.4 cm³/mol. The highest BCUT2D eigenvalue weighted by Crippen LogP contribution is 2.36. The van der Waals surface area contributed by atoms with E-state index in [1.807, 2.05) is 0 Å². The molecule has 0 aromatic heterocycles. The van der Waals surface area contributed by atoms with Crippen LogP contribution < -0.4 is 10.6 Å². The monoisotopic (exact) mass is 304 g/mol. The smallest absolute Gasteiger partial charge is 0.0504 e. The van der Waals surface area contributed by atoms with Crippen LogP contribution in [-0.2, 0) is 4.52 Å². The molecule has 0 N–H and O–H groups in total. The van der Waals surface area contributed by atoms with Gasteiger partial charge in [-0.1, -0.05) is 67.6 Å². The van der Waals surface area contributed by atoms with Crippen LogP contribution in [0.3, 0.4) is 0 Å². The summed E-state index contributed by atoms with van der Waals surface area (Å²) < 4.78 is 5.13. The highest BCUT2D eigenvalue weighted by atomic mass is 31.1. The summed E-state index contributed by atoms with van der Waals surface area (Å²) in [6, 6.07) is 21.8. The molecule has 2 aromatic rings. The van der Waals surface area contributed by atoms with Gasteiger partial charge in [0.15, 0.2) is 0 Å². The number of benzene rings is 2. The van der Waals surface area contributed by atoms with Gasteiger partial charge >= 0.3 is 0 Å². The Morgan fingerprint density at radius 1 is 0.950 bits per heavy atom. The van der Waals surface area contributed by atoms with Gasteiger partial charge in [-0.25, -0.2) is 0 Å². The van der Waals surface area contributed by atoms with E-state index < -0.39 is 0 Å². The predicted octanol–water partition coefficient (Wildman–Crippen LogP) is 3.95. The van der Waals surface area contributed by atoms with Crippen LogP contribution >= 0.6 is 17.4 Å². The van der Waals surface area contributed by atoms with Gasteiger partial charge in [0.05, 0.1) is 6.61 Å². The van der Waals surface area contributed by atoms with Crippen molar-refractivity contribution >= 4 is 28.0 Å². The molecule has 3 heteroatoms. The Morgan fingerprint density at radius 3 is 1.90 bits per heavy atom. The molecule has 0 aliphatic carbocycles. The molecule has 1 nitrogen and oxygen atoms in total. The Kier molecular flexibility index (Phi) is 6.67. The lowest BCUT2D eigenvalue weighted by atomic mass is 10.1. The first-order valence-corrected chi connectivity index (χ1v) is 9.00. The molecule has 0 radical (unpaired) electrons. The van der Waals surface area contributed by atoms with Crippen LogP contribution in [-0.4, -0.2) is 12.8 Å². The Hall–Kier alpha value is -0.740. The minimum atomic E-state index is -0.269. The molecule has 0 fully saturated rings. The molecule has 0 bridgehead atoms. The maximum atomic E-state index is 5.13. The summed E-state index contributed by atoms with van der Waals surface area (Å²) in [5, 5.41) is 2.93. The SMILES string of the molecule is CC(CCOP)CP(c1ccccc1)c1ccccc1. The van der Waals surface area contributed by atoms with Gasteiger partial charge < -0.3 is 4.52 Å². The molecule has 2 aromatic carbocycles. The Morgan fingerprint density at radius 2 is 1.45 bits per heavy atom. The zero-order valence-corrected chi connectivity index (χ0v) is 14.0. The molecule has 0 saturated carbocycles. The van der Waals surface area contributed by atoms with Crippen molar-refractivity contribution in [3.05, 3.63) is 60.7 Å². The molecular formula is C17H22OP2. The van der Waals surface area contributed by atoms with Gasteiger partial charge in [-0.15, -0.1) is 0 Å². The lowest BCUT2D eigenvalue weighted by molar-refractivity contribution is 0.334. The molecule has 106 valence electrons. The van der Waals surface area contributed by atoms with Gasteiger partial charge in [0, 0.05) is 9.47 Å². The van der Waals surface area contributed by atoms with Crippen LogP contribution in [0.1, 0.15) is 13.3 Å². The molecule has 2 unspecified atom stereocenters. The highest BCUT2D eigenvalue weighted by molar-refractivity contribution is 7.73. The Balaban J connectivity index is 2.17. The lowest BCUT2D eigenvalue weighted by Crippen LogP contribution is -2.17. The van der Waals surface area contributed by atoms with Crippen molar-refractivity contribution in [1.29, 1.82) is 0 Å². The van der Waals surface area contributed by atoms with Crippen LogP contribution in [0.15, 0.2) is 60.7 Å². The summed E-state index contributed by atoms with van der Waals surface area (Å²) >= 11 is 0. The van der Waals surface area contributed by atoms with E-state index in [-0.39, 0.29) is 7.92 Å². The van der Waals surface area contributed by atoms with E-state index in [2.05, 4.69) is 77.1 Å². The normalized spacial score (nSPS) is 12.6. The first kappa shape index (κ1) is 15.6. The lowest BCUT2D eigenvalue weighted by Gasteiger charge is -2.22. The van der Waals surface area contributed by atoms with E-state index in [1.165, 1.54) is 16.8 Å². The third kappa shape index (κ3) is 4.67. The first-order chi connectivity index (χ1) is 9.81. The summed E-state index contributed by atoms with van der Waals surface area (Å²) in [5.41, 5.74) is 0. The summed E-state index contributed by atoms with van der Waals surface area (Å²) in [4.78, 5) is 0. The van der Waals surface area contributed by atoms with Gasteiger partial charge in [0.1, 0.15) is 0 Å². The summed E-state index contributed by atoms with van der Waals surface area (Å²) in [6.07, 6.45) is 2.33. The molecule has 20 heavy (non-hydrogen) atoms.